The third-order valence-electron chi connectivity index (χ3n) is 7.42. The molecule has 3 heterocycles. The number of ether oxygens (including phenoxy) is 5. The molecule has 6 rings (SSSR count). The van der Waals surface area contributed by atoms with Gasteiger partial charge in [0.1, 0.15) is 0 Å². The van der Waals surface area contributed by atoms with Gasteiger partial charge in [-0.15, -0.1) is 0 Å². The van der Waals surface area contributed by atoms with Gasteiger partial charge in [-0.3, -0.25) is 0 Å². The quantitative estimate of drug-likeness (QED) is 0.231. The summed E-state index contributed by atoms with van der Waals surface area (Å²) in [6.07, 6.45) is 2.64. The van der Waals surface area contributed by atoms with Crippen LogP contribution in [0.15, 0.2) is 58.0 Å². The average molecular weight is 706 g/mol. The van der Waals surface area contributed by atoms with Crippen molar-refractivity contribution in [2.24, 2.45) is 13.0 Å². The van der Waals surface area contributed by atoms with Gasteiger partial charge in [-0.25, -0.2) is 0 Å². The molecule has 0 saturated heterocycles. The summed E-state index contributed by atoms with van der Waals surface area (Å²) in [7, 11) is 1.98. The Balaban J connectivity index is 1.22. The van der Waals surface area contributed by atoms with Crippen molar-refractivity contribution in [2.75, 3.05) is 64.3 Å². The third-order valence-corrected chi connectivity index (χ3v) is 11.8. The fourth-order valence-corrected chi connectivity index (χ4v) is 9.55. The second kappa shape index (κ2) is 13.5. The van der Waals surface area contributed by atoms with Crippen molar-refractivity contribution >= 4 is 58.7 Å². The van der Waals surface area contributed by atoms with E-state index >= 15 is 0 Å². The third kappa shape index (κ3) is 6.15. The molecule has 1 aliphatic carbocycles. The zero-order chi connectivity index (χ0) is 29.1. The molecule has 3 aliphatic rings. The summed E-state index contributed by atoms with van der Waals surface area (Å²) in [5.74, 6) is 0.583. The molecule has 3 aromatic rings. The van der Waals surface area contributed by atoms with E-state index in [1.165, 1.54) is 3.40 Å². The van der Waals surface area contributed by atoms with Crippen molar-refractivity contribution in [1.82, 2.24) is 0 Å². The Hall–Kier alpha value is -2.36. The van der Waals surface area contributed by atoms with E-state index in [0.717, 1.165) is 31.4 Å². The van der Waals surface area contributed by atoms with Crippen molar-refractivity contribution in [1.29, 1.82) is 0 Å². The molecule has 0 N–H and O–H groups in total. The van der Waals surface area contributed by atoms with E-state index in [0.29, 0.717) is 69.9 Å². The summed E-state index contributed by atoms with van der Waals surface area (Å²) in [6.45, 7) is 6.56. The van der Waals surface area contributed by atoms with Crippen molar-refractivity contribution in [3.05, 3.63) is 56.8 Å². The van der Waals surface area contributed by atoms with Crippen LogP contribution in [-0.4, -0.2) is 91.7 Å². The minimum absolute atomic E-state index is 0.0777. The molecule has 2 unspecified atom stereocenters. The molecule has 0 bridgehead atoms. The summed E-state index contributed by atoms with van der Waals surface area (Å²) in [5, 5.41) is 14.3. The van der Waals surface area contributed by atoms with Gasteiger partial charge in [0.15, 0.2) is 0 Å². The Morgan fingerprint density at radius 3 is 2.31 bits per heavy atom. The summed E-state index contributed by atoms with van der Waals surface area (Å²) in [5.41, 5.74) is 2.51. The van der Waals surface area contributed by atoms with Crippen LogP contribution in [0.3, 0.4) is 0 Å². The molecule has 9 nitrogen and oxygen atoms in total. The number of rotatable bonds is 3. The van der Waals surface area contributed by atoms with Gasteiger partial charge in [-0.05, 0) is 0 Å². The van der Waals surface area contributed by atoms with Crippen LogP contribution in [0.4, 0.5) is 5.69 Å². The molecule has 0 amide bonds. The Labute approximate surface area is 259 Å². The Morgan fingerprint density at radius 1 is 1.00 bits per heavy atom. The zero-order valence-electron chi connectivity index (χ0n) is 23.7. The molecule has 11 heteroatoms. The predicted octanol–water partition coefficient (Wildman–Crippen LogP) is 2.33. The number of carbonyl (C=O) groups excluding carboxylic acids is 1. The van der Waals surface area contributed by atoms with E-state index in [-0.39, 0.29) is 5.78 Å². The van der Waals surface area contributed by atoms with Gasteiger partial charge in [-0.1, -0.05) is 0 Å². The number of carbonyl (C=O) groups is 1. The van der Waals surface area contributed by atoms with Crippen LogP contribution in [0, 0.1) is 5.92 Å². The van der Waals surface area contributed by atoms with Gasteiger partial charge in [0.05, 0.1) is 0 Å². The first-order valence-corrected chi connectivity index (χ1v) is 17.3. The molecule has 0 spiro atoms. The van der Waals surface area contributed by atoms with E-state index in [2.05, 4.69) is 28.5 Å². The van der Waals surface area contributed by atoms with Gasteiger partial charge in [0.25, 0.3) is 0 Å². The normalized spacial score (nSPS) is 24.0. The van der Waals surface area contributed by atoms with E-state index in [1.54, 1.807) is 11.8 Å². The van der Waals surface area contributed by atoms with Gasteiger partial charge in [0.2, 0.25) is 0 Å². The predicted molar refractivity (Wildman–Crippen MR) is 159 cm³/mol. The second-order valence-electron chi connectivity index (χ2n) is 10.0. The van der Waals surface area contributed by atoms with E-state index in [1.807, 2.05) is 43.5 Å². The van der Waals surface area contributed by atoms with Crippen LogP contribution in [0.5, 0.6) is 11.5 Å². The molecule has 2 aromatic carbocycles. The van der Waals surface area contributed by atoms with Crippen LogP contribution < -0.4 is 24.0 Å². The number of thioether (sulfide) groups is 1. The summed E-state index contributed by atoms with van der Waals surface area (Å²) in [6, 6.07) is 12.2. The first kappa shape index (κ1) is 29.7. The fourth-order valence-electron chi connectivity index (χ4n) is 5.16. The number of nitrogens with zero attached hydrogens (tertiary/aromatic N) is 2. The van der Waals surface area contributed by atoms with Crippen molar-refractivity contribution in [3.8, 4) is 11.5 Å². The minimum atomic E-state index is -1.07. The van der Waals surface area contributed by atoms with E-state index in [4.69, 9.17) is 23.7 Å². The summed E-state index contributed by atoms with van der Waals surface area (Å²) in [4.78, 5) is 16.6. The maximum absolute atomic E-state index is 13.3. The number of hydrogen-bond donors (Lipinski definition) is 0. The molecule has 1 fully saturated rings. The van der Waals surface area contributed by atoms with Crippen LogP contribution in [0.2, 0.25) is 0 Å². The SMILES string of the molecule is CCN1/C(=C/C2C(=O)/C(=C\c3[te]c4cc5c(cc4[n+]3C)OCCOCCOCCOCCO5)C2[O-])Sc2ccccc21. The monoisotopic (exact) mass is 708 g/mol. The molecule has 42 heavy (non-hydrogen) atoms. The number of benzene rings is 2. The topological polar surface area (TPSA) is 93.4 Å². The Kier molecular flexibility index (Phi) is 9.56. The van der Waals surface area contributed by atoms with E-state index < -0.39 is 32.5 Å². The molecule has 1 aromatic heterocycles. The van der Waals surface area contributed by atoms with Crippen LogP contribution in [-0.2, 0) is 26.1 Å². The maximum atomic E-state index is 13.3. The standard InChI is InChI=1S/C31H34N2O7STe/c1-3-33-22-6-4-5-7-26(22)41-28(33)16-20-30(34)21(31(20)35)17-29-32(2)23-18-24-25(19-27(23)42-29)40-15-13-38-11-9-36-8-10-37-12-14-39-24/h4-7,16-20,30H,3,8-15H2,1-2H3/b21-17-,28-16-. The molecular formula is C31H34N2O7STe. The van der Waals surface area contributed by atoms with Gasteiger partial charge >= 0.3 is 260 Å². The van der Waals surface area contributed by atoms with Crippen LogP contribution in [0.25, 0.3) is 15.0 Å². The first-order chi connectivity index (χ1) is 20.5. The molecule has 2 aliphatic heterocycles. The zero-order valence-corrected chi connectivity index (χ0v) is 26.9. The molecule has 222 valence electrons. The number of aromatic nitrogens is 1. The van der Waals surface area contributed by atoms with Gasteiger partial charge in [-0.2, -0.15) is 0 Å². The number of hydrogen-bond acceptors (Lipinski definition) is 9. The second-order valence-corrected chi connectivity index (χ2v) is 14.1. The summed E-state index contributed by atoms with van der Waals surface area (Å²) >= 11 is 0.778. The molecular weight excluding hydrogens is 672 g/mol. The van der Waals surface area contributed by atoms with Gasteiger partial charge < -0.3 is 0 Å². The van der Waals surface area contributed by atoms with E-state index in [9.17, 15) is 9.90 Å². The van der Waals surface area contributed by atoms with Crippen LogP contribution in [0.1, 0.15) is 10.6 Å². The Bertz CT molecular complexity index is 1520. The van der Waals surface area contributed by atoms with Crippen molar-refractivity contribution in [2.45, 2.75) is 17.9 Å². The van der Waals surface area contributed by atoms with Gasteiger partial charge in [0, 0.05) is 0 Å². The number of aryl methyl sites for hydroxylation is 1. The first-order valence-electron chi connectivity index (χ1n) is 14.2. The van der Waals surface area contributed by atoms with Crippen LogP contribution >= 0.6 is 11.8 Å². The summed E-state index contributed by atoms with van der Waals surface area (Å²) < 4.78 is 33.1. The molecule has 2 atom stereocenters. The molecule has 1 saturated carbocycles. The number of para-hydroxylation sites is 1. The fraction of sp³-hybridized carbons (Fsp3) is 0.419. The number of ketones is 1. The Morgan fingerprint density at radius 2 is 1.64 bits per heavy atom. The average Bonchev–Trinajstić information content (AvgIpc) is 3.51. The number of fused-ring (bicyclic) bond motifs is 3. The molecule has 0 radical (unpaired) electrons. The number of Topliss-reactive ketones (excluding diaryl/α,β-unsaturated/α-hetero) is 1. The number of anilines is 1. The van der Waals surface area contributed by atoms with Crippen molar-refractivity contribution in [3.63, 3.8) is 0 Å². The van der Waals surface area contributed by atoms with Crippen molar-refractivity contribution < 1.29 is 38.2 Å².